The van der Waals surface area contributed by atoms with E-state index in [1.807, 2.05) is 26.0 Å². The number of carbonyl (C=O) groups is 1. The highest BCUT2D eigenvalue weighted by Crippen LogP contribution is 2.25. The van der Waals surface area contributed by atoms with Crippen LogP contribution in [0.4, 0.5) is 5.69 Å². The summed E-state index contributed by atoms with van der Waals surface area (Å²) in [5, 5.41) is 6.74. The fraction of sp³-hybridized carbons (Fsp3) is 0.533. The summed E-state index contributed by atoms with van der Waals surface area (Å²) < 4.78 is 0. The molecule has 0 radical (unpaired) electrons. The van der Waals surface area contributed by atoms with Crippen molar-refractivity contribution in [1.29, 1.82) is 0 Å². The first-order valence-corrected chi connectivity index (χ1v) is 7.27. The van der Waals surface area contributed by atoms with E-state index in [2.05, 4.69) is 17.6 Å². The number of halogens is 1. The number of unbranched alkanes of at least 4 members (excludes halogenated alkanes) is 1. The minimum atomic E-state index is -0.152. The van der Waals surface area contributed by atoms with Gasteiger partial charge in [-0.05, 0) is 31.5 Å². The van der Waals surface area contributed by atoms with Crippen molar-refractivity contribution in [3.8, 4) is 0 Å². The van der Waals surface area contributed by atoms with Gasteiger partial charge in [-0.2, -0.15) is 0 Å². The van der Waals surface area contributed by atoms with Crippen LogP contribution in [-0.4, -0.2) is 18.5 Å². The molecule has 2 N–H and O–H groups in total. The lowest BCUT2D eigenvalue weighted by Crippen LogP contribution is -2.40. The summed E-state index contributed by atoms with van der Waals surface area (Å²) in [4.78, 5) is 12.3. The maximum atomic E-state index is 12.3. The van der Waals surface area contributed by atoms with Gasteiger partial charge in [-0.15, -0.1) is 0 Å². The monoisotopic (exact) mass is 282 g/mol. The van der Waals surface area contributed by atoms with Crippen LogP contribution in [0.5, 0.6) is 0 Å². The lowest BCUT2D eigenvalue weighted by molar-refractivity contribution is -0.118. The van der Waals surface area contributed by atoms with Gasteiger partial charge in [0.25, 0.3) is 0 Å². The summed E-state index contributed by atoms with van der Waals surface area (Å²) in [5.74, 6) is -0.00787. The predicted octanol–water partition coefficient (Wildman–Crippen LogP) is 3.76. The lowest BCUT2D eigenvalue weighted by atomic mass is 10.1. The molecule has 1 rings (SSSR count). The van der Waals surface area contributed by atoms with Crippen LogP contribution in [0, 0.1) is 6.92 Å². The molecule has 1 atom stereocenters. The number of nitrogens with one attached hydrogen (secondary N) is 2. The Bertz CT molecular complexity index is 400. The van der Waals surface area contributed by atoms with E-state index in [1.165, 1.54) is 0 Å². The standard InChI is InChI=1S/C15H23ClN2O/c1-4-6-10-13(17-5-2)15(19)18-14-11(3)8-7-9-12(14)16/h7-9,13,17H,4-6,10H2,1-3H3,(H,18,19)/t13-/m1/s1. The molecule has 0 aliphatic carbocycles. The van der Waals surface area contributed by atoms with Crippen LogP contribution >= 0.6 is 11.6 Å². The van der Waals surface area contributed by atoms with E-state index in [0.717, 1.165) is 31.4 Å². The van der Waals surface area contributed by atoms with Crippen molar-refractivity contribution in [2.45, 2.75) is 46.1 Å². The second-order valence-electron chi connectivity index (χ2n) is 4.67. The molecule has 0 saturated carbocycles. The van der Waals surface area contributed by atoms with Crippen LogP contribution in [0.15, 0.2) is 18.2 Å². The van der Waals surface area contributed by atoms with Gasteiger partial charge in [-0.25, -0.2) is 0 Å². The summed E-state index contributed by atoms with van der Waals surface area (Å²) in [6.07, 6.45) is 2.96. The Morgan fingerprint density at radius 2 is 2.11 bits per heavy atom. The Morgan fingerprint density at radius 1 is 1.37 bits per heavy atom. The molecular weight excluding hydrogens is 260 g/mol. The molecule has 4 heteroatoms. The molecule has 1 amide bonds. The highest BCUT2D eigenvalue weighted by atomic mass is 35.5. The quantitative estimate of drug-likeness (QED) is 0.799. The van der Waals surface area contributed by atoms with Gasteiger partial charge in [0, 0.05) is 0 Å². The van der Waals surface area contributed by atoms with E-state index in [-0.39, 0.29) is 11.9 Å². The minimum Gasteiger partial charge on any atom is -0.323 e. The summed E-state index contributed by atoms with van der Waals surface area (Å²) in [7, 11) is 0. The summed E-state index contributed by atoms with van der Waals surface area (Å²) >= 11 is 6.12. The van der Waals surface area contributed by atoms with Crippen molar-refractivity contribution < 1.29 is 4.79 Å². The van der Waals surface area contributed by atoms with Gasteiger partial charge in [0.1, 0.15) is 0 Å². The molecule has 1 aromatic rings. The second-order valence-corrected chi connectivity index (χ2v) is 5.08. The molecule has 106 valence electrons. The van der Waals surface area contributed by atoms with Crippen LogP contribution < -0.4 is 10.6 Å². The number of likely N-dealkylation sites (N-methyl/N-ethyl adjacent to an activating group) is 1. The number of anilines is 1. The summed E-state index contributed by atoms with van der Waals surface area (Å²) in [6, 6.07) is 5.46. The van der Waals surface area contributed by atoms with Crippen molar-refractivity contribution >= 4 is 23.2 Å². The first-order chi connectivity index (χ1) is 9.10. The number of para-hydroxylation sites is 1. The van der Waals surface area contributed by atoms with E-state index in [0.29, 0.717) is 10.7 Å². The molecule has 0 aliphatic heterocycles. The third-order valence-corrected chi connectivity index (χ3v) is 3.40. The number of carbonyl (C=O) groups excluding carboxylic acids is 1. The molecule has 19 heavy (non-hydrogen) atoms. The average Bonchev–Trinajstić information content (AvgIpc) is 2.38. The Hall–Kier alpha value is -1.06. The van der Waals surface area contributed by atoms with E-state index in [1.54, 1.807) is 6.07 Å². The number of hydrogen-bond donors (Lipinski definition) is 2. The van der Waals surface area contributed by atoms with Crippen LogP contribution in [0.25, 0.3) is 0 Å². The number of aryl methyl sites for hydroxylation is 1. The molecular formula is C15H23ClN2O. The maximum Gasteiger partial charge on any atom is 0.241 e. The largest absolute Gasteiger partial charge is 0.323 e. The Morgan fingerprint density at radius 3 is 2.68 bits per heavy atom. The van der Waals surface area contributed by atoms with Crippen LogP contribution in [0.2, 0.25) is 5.02 Å². The van der Waals surface area contributed by atoms with Gasteiger partial charge in [-0.1, -0.05) is 50.4 Å². The van der Waals surface area contributed by atoms with E-state index in [9.17, 15) is 4.79 Å². The number of amides is 1. The number of benzene rings is 1. The normalized spacial score (nSPS) is 12.2. The molecule has 0 aromatic heterocycles. The van der Waals surface area contributed by atoms with Crippen molar-refractivity contribution in [3.63, 3.8) is 0 Å². The second kappa shape index (κ2) is 8.18. The number of rotatable bonds is 7. The fourth-order valence-electron chi connectivity index (χ4n) is 1.98. The van der Waals surface area contributed by atoms with E-state index < -0.39 is 0 Å². The highest BCUT2D eigenvalue weighted by molar-refractivity contribution is 6.34. The molecule has 0 aliphatic rings. The Kier molecular flexibility index (Phi) is 6.89. The van der Waals surface area contributed by atoms with Gasteiger partial charge < -0.3 is 10.6 Å². The van der Waals surface area contributed by atoms with Crippen molar-refractivity contribution in [1.82, 2.24) is 5.32 Å². The van der Waals surface area contributed by atoms with Crippen LogP contribution in [0.3, 0.4) is 0 Å². The van der Waals surface area contributed by atoms with Crippen LogP contribution in [-0.2, 0) is 4.79 Å². The SMILES string of the molecule is CCCC[C@@H](NCC)C(=O)Nc1c(C)cccc1Cl. The van der Waals surface area contributed by atoms with Crippen LogP contribution in [0.1, 0.15) is 38.7 Å². The topological polar surface area (TPSA) is 41.1 Å². The third kappa shape index (κ3) is 4.84. The zero-order chi connectivity index (χ0) is 14.3. The summed E-state index contributed by atoms with van der Waals surface area (Å²) in [5.41, 5.74) is 1.69. The Labute approximate surface area is 120 Å². The molecule has 3 nitrogen and oxygen atoms in total. The van der Waals surface area contributed by atoms with Gasteiger partial charge in [0.15, 0.2) is 0 Å². The smallest absolute Gasteiger partial charge is 0.241 e. The summed E-state index contributed by atoms with van der Waals surface area (Å²) in [6.45, 7) is 6.85. The number of hydrogen-bond acceptors (Lipinski definition) is 2. The Balaban J connectivity index is 2.75. The average molecular weight is 283 g/mol. The van der Waals surface area contributed by atoms with Crippen molar-refractivity contribution in [2.24, 2.45) is 0 Å². The molecule has 0 fully saturated rings. The molecule has 0 bridgehead atoms. The predicted molar refractivity (Wildman–Crippen MR) is 81.8 cm³/mol. The molecule has 0 saturated heterocycles. The fourth-order valence-corrected chi connectivity index (χ4v) is 2.25. The molecule has 0 heterocycles. The van der Waals surface area contributed by atoms with Crippen molar-refractivity contribution in [2.75, 3.05) is 11.9 Å². The van der Waals surface area contributed by atoms with Gasteiger partial charge in [-0.3, -0.25) is 4.79 Å². The molecule has 1 aromatic carbocycles. The van der Waals surface area contributed by atoms with Crippen molar-refractivity contribution in [3.05, 3.63) is 28.8 Å². The van der Waals surface area contributed by atoms with E-state index in [4.69, 9.17) is 11.6 Å². The third-order valence-electron chi connectivity index (χ3n) is 3.08. The van der Waals surface area contributed by atoms with E-state index >= 15 is 0 Å². The molecule has 0 spiro atoms. The maximum absolute atomic E-state index is 12.3. The zero-order valence-electron chi connectivity index (χ0n) is 11.9. The first kappa shape index (κ1) is 16.0. The zero-order valence-corrected chi connectivity index (χ0v) is 12.7. The van der Waals surface area contributed by atoms with Gasteiger partial charge >= 0.3 is 0 Å². The first-order valence-electron chi connectivity index (χ1n) is 6.89. The lowest BCUT2D eigenvalue weighted by Gasteiger charge is -2.18. The molecule has 0 unspecified atom stereocenters. The van der Waals surface area contributed by atoms with Gasteiger partial charge in [0.05, 0.1) is 16.8 Å². The highest BCUT2D eigenvalue weighted by Gasteiger charge is 2.18. The minimum absolute atomic E-state index is 0.00787. The van der Waals surface area contributed by atoms with Gasteiger partial charge in [0.2, 0.25) is 5.91 Å².